The van der Waals surface area contributed by atoms with E-state index >= 15 is 0 Å². The van der Waals surface area contributed by atoms with Crippen LogP contribution in [0.15, 0.2) is 58.3 Å². The van der Waals surface area contributed by atoms with Gasteiger partial charge in [-0.2, -0.15) is 0 Å². The number of para-hydroxylation sites is 1. The molecule has 6 heteroatoms. The van der Waals surface area contributed by atoms with E-state index in [0.717, 1.165) is 16.7 Å². The maximum Gasteiger partial charge on any atom is 0.228 e. The molecule has 1 N–H and O–H groups in total. The Kier molecular flexibility index (Phi) is 6.07. The highest BCUT2D eigenvalue weighted by atomic mass is 32.2. The maximum atomic E-state index is 12.2. The number of sulfone groups is 1. The van der Waals surface area contributed by atoms with Crippen molar-refractivity contribution in [1.29, 1.82) is 0 Å². The van der Waals surface area contributed by atoms with Crippen LogP contribution < -0.4 is 5.32 Å². The Morgan fingerprint density at radius 2 is 1.71 bits per heavy atom. The fourth-order valence-corrected chi connectivity index (χ4v) is 3.91. The van der Waals surface area contributed by atoms with Gasteiger partial charge in [-0.3, -0.25) is 4.79 Å². The number of benzene rings is 2. The van der Waals surface area contributed by atoms with Gasteiger partial charge in [-0.1, -0.05) is 38.1 Å². The second-order valence-electron chi connectivity index (χ2n) is 5.80. The van der Waals surface area contributed by atoms with Gasteiger partial charge in [0, 0.05) is 16.4 Å². The molecule has 0 atom stereocenters. The summed E-state index contributed by atoms with van der Waals surface area (Å²) in [5.74, 6) is -0.240. The third-order valence-corrected chi connectivity index (χ3v) is 5.39. The lowest BCUT2D eigenvalue weighted by Crippen LogP contribution is -2.16. The van der Waals surface area contributed by atoms with E-state index < -0.39 is 9.84 Å². The minimum absolute atomic E-state index is 0.127. The van der Waals surface area contributed by atoms with Crippen LogP contribution in [0.2, 0.25) is 0 Å². The van der Waals surface area contributed by atoms with Crippen LogP contribution in [-0.2, 0) is 21.1 Å². The normalized spacial score (nSPS) is 11.5. The summed E-state index contributed by atoms with van der Waals surface area (Å²) in [6, 6.07) is 14.3. The highest BCUT2D eigenvalue weighted by Gasteiger charge is 2.14. The molecular weight excluding hydrogens is 342 g/mol. The van der Waals surface area contributed by atoms with E-state index in [1.807, 2.05) is 24.3 Å². The zero-order valence-electron chi connectivity index (χ0n) is 13.9. The molecule has 0 saturated heterocycles. The first-order valence-corrected chi connectivity index (χ1v) is 10.4. The first-order chi connectivity index (χ1) is 11.3. The molecule has 0 spiro atoms. The first-order valence-electron chi connectivity index (χ1n) is 7.60. The number of anilines is 1. The Morgan fingerprint density at radius 1 is 1.08 bits per heavy atom. The minimum Gasteiger partial charge on any atom is -0.325 e. The minimum atomic E-state index is -3.39. The molecule has 24 heavy (non-hydrogen) atoms. The molecule has 0 fully saturated rings. The number of rotatable bonds is 6. The number of hydrogen-bond acceptors (Lipinski definition) is 4. The third-order valence-electron chi connectivity index (χ3n) is 3.22. The van der Waals surface area contributed by atoms with E-state index in [2.05, 4.69) is 19.2 Å². The summed E-state index contributed by atoms with van der Waals surface area (Å²) >= 11 is 1.77. The summed E-state index contributed by atoms with van der Waals surface area (Å²) < 4.78 is 23.5. The van der Waals surface area contributed by atoms with E-state index in [1.165, 1.54) is 6.07 Å². The molecule has 1 amide bonds. The smallest absolute Gasteiger partial charge is 0.228 e. The van der Waals surface area contributed by atoms with Crippen molar-refractivity contribution in [3.8, 4) is 0 Å². The van der Waals surface area contributed by atoms with Crippen molar-refractivity contribution >= 4 is 33.2 Å². The van der Waals surface area contributed by atoms with Gasteiger partial charge in [0.15, 0.2) is 9.84 Å². The summed E-state index contributed by atoms with van der Waals surface area (Å²) in [6.07, 6.45) is 1.33. The van der Waals surface area contributed by atoms with Crippen molar-refractivity contribution < 1.29 is 13.2 Å². The molecule has 0 aromatic heterocycles. The fraction of sp³-hybridized carbons (Fsp3) is 0.278. The predicted molar refractivity (Wildman–Crippen MR) is 99.3 cm³/mol. The molecule has 2 rings (SSSR count). The van der Waals surface area contributed by atoms with Crippen LogP contribution in [0.5, 0.6) is 0 Å². The van der Waals surface area contributed by atoms with Crippen molar-refractivity contribution in [1.82, 2.24) is 0 Å². The average Bonchev–Trinajstić information content (AvgIpc) is 2.48. The van der Waals surface area contributed by atoms with Crippen LogP contribution in [0, 0.1) is 0 Å². The SMILES string of the molecule is CC(C)Sc1ccc(CC(=O)Nc2ccccc2S(C)(=O)=O)cc1. The molecular formula is C18H21NO3S2. The van der Waals surface area contributed by atoms with Gasteiger partial charge < -0.3 is 5.32 Å². The molecule has 2 aromatic rings. The fourth-order valence-electron chi connectivity index (χ4n) is 2.23. The van der Waals surface area contributed by atoms with Crippen LogP contribution in [0.3, 0.4) is 0 Å². The van der Waals surface area contributed by atoms with Gasteiger partial charge in [-0.05, 0) is 29.8 Å². The summed E-state index contributed by atoms with van der Waals surface area (Å²) in [5, 5.41) is 3.20. The largest absolute Gasteiger partial charge is 0.325 e. The highest BCUT2D eigenvalue weighted by Crippen LogP contribution is 2.23. The molecule has 0 radical (unpaired) electrons. The van der Waals surface area contributed by atoms with Gasteiger partial charge in [0.1, 0.15) is 0 Å². The number of carbonyl (C=O) groups excluding carboxylic acids is 1. The van der Waals surface area contributed by atoms with Crippen LogP contribution in [0.25, 0.3) is 0 Å². The molecule has 0 aliphatic rings. The van der Waals surface area contributed by atoms with Gasteiger partial charge in [-0.15, -0.1) is 11.8 Å². The lowest BCUT2D eigenvalue weighted by Gasteiger charge is -2.10. The Labute approximate surface area is 147 Å². The average molecular weight is 364 g/mol. The quantitative estimate of drug-likeness (QED) is 0.794. The van der Waals surface area contributed by atoms with Crippen molar-refractivity contribution in [3.63, 3.8) is 0 Å². The number of carbonyl (C=O) groups is 1. The van der Waals surface area contributed by atoms with Crippen molar-refractivity contribution in [2.45, 2.75) is 35.3 Å². The van der Waals surface area contributed by atoms with Crippen molar-refractivity contribution in [3.05, 3.63) is 54.1 Å². The molecule has 0 unspecified atom stereocenters. The number of amides is 1. The van der Waals surface area contributed by atoms with E-state index in [0.29, 0.717) is 10.9 Å². The second-order valence-corrected chi connectivity index (χ2v) is 9.44. The van der Waals surface area contributed by atoms with Gasteiger partial charge in [0.25, 0.3) is 0 Å². The molecule has 0 bridgehead atoms. The van der Waals surface area contributed by atoms with Gasteiger partial charge >= 0.3 is 0 Å². The van der Waals surface area contributed by atoms with Gasteiger partial charge in [0.2, 0.25) is 5.91 Å². The number of thioether (sulfide) groups is 1. The van der Waals surface area contributed by atoms with Crippen LogP contribution in [-0.4, -0.2) is 25.8 Å². The molecule has 128 valence electrons. The number of hydrogen-bond donors (Lipinski definition) is 1. The number of nitrogens with one attached hydrogen (secondary N) is 1. The zero-order chi connectivity index (χ0) is 17.7. The molecule has 0 aliphatic heterocycles. The Morgan fingerprint density at radius 3 is 2.29 bits per heavy atom. The molecule has 0 aliphatic carbocycles. The van der Waals surface area contributed by atoms with Crippen molar-refractivity contribution in [2.24, 2.45) is 0 Å². The Balaban J connectivity index is 2.07. The van der Waals surface area contributed by atoms with Crippen molar-refractivity contribution in [2.75, 3.05) is 11.6 Å². The predicted octanol–water partition coefficient (Wildman–Crippen LogP) is 3.77. The standard InChI is InChI=1S/C18H21NO3S2/c1-13(2)23-15-10-8-14(9-11-15)12-18(20)19-16-6-4-5-7-17(16)24(3,21)22/h4-11,13H,12H2,1-3H3,(H,19,20). The third kappa shape index (κ3) is 5.39. The molecule has 0 heterocycles. The molecule has 0 saturated carbocycles. The topological polar surface area (TPSA) is 63.2 Å². The summed E-state index contributed by atoms with van der Waals surface area (Å²) in [7, 11) is -3.39. The van der Waals surface area contributed by atoms with E-state index in [4.69, 9.17) is 0 Å². The van der Waals surface area contributed by atoms with Gasteiger partial charge in [-0.25, -0.2) is 8.42 Å². The zero-order valence-corrected chi connectivity index (χ0v) is 15.6. The lowest BCUT2D eigenvalue weighted by atomic mass is 10.1. The summed E-state index contributed by atoms with van der Waals surface area (Å²) in [5.41, 5.74) is 1.20. The summed E-state index contributed by atoms with van der Waals surface area (Å²) in [6.45, 7) is 4.26. The van der Waals surface area contributed by atoms with Crippen LogP contribution in [0.1, 0.15) is 19.4 Å². The summed E-state index contributed by atoms with van der Waals surface area (Å²) in [4.78, 5) is 13.5. The lowest BCUT2D eigenvalue weighted by molar-refractivity contribution is -0.115. The van der Waals surface area contributed by atoms with Crippen LogP contribution in [0.4, 0.5) is 5.69 Å². The molecule has 4 nitrogen and oxygen atoms in total. The Bertz CT molecular complexity index is 812. The van der Waals surface area contributed by atoms with E-state index in [9.17, 15) is 13.2 Å². The Hall–Kier alpha value is -1.79. The second kappa shape index (κ2) is 7.85. The monoisotopic (exact) mass is 363 g/mol. The van der Waals surface area contributed by atoms with Gasteiger partial charge in [0.05, 0.1) is 17.0 Å². The first kappa shape index (κ1) is 18.5. The molecule has 2 aromatic carbocycles. The highest BCUT2D eigenvalue weighted by molar-refractivity contribution is 7.99. The van der Waals surface area contributed by atoms with Crippen LogP contribution >= 0.6 is 11.8 Å². The van der Waals surface area contributed by atoms with E-state index in [1.54, 1.807) is 30.0 Å². The van der Waals surface area contributed by atoms with E-state index in [-0.39, 0.29) is 17.2 Å². The maximum absolute atomic E-state index is 12.2.